The molecule has 6 N–H and O–H groups in total. The number of allylic oxidation sites excluding steroid dienone is 1. The Balaban J connectivity index is 1.05. The number of amides is 2. The van der Waals surface area contributed by atoms with E-state index in [2.05, 4.69) is 39.0 Å². The van der Waals surface area contributed by atoms with Crippen LogP contribution in [0.15, 0.2) is 97.8 Å². The summed E-state index contributed by atoms with van der Waals surface area (Å²) in [6, 6.07) is 21.9. The molecule has 1 aromatic heterocycles. The van der Waals surface area contributed by atoms with Gasteiger partial charge in [0.25, 0.3) is 11.8 Å². The van der Waals surface area contributed by atoms with Crippen LogP contribution in [0.1, 0.15) is 44.3 Å². The van der Waals surface area contributed by atoms with Gasteiger partial charge in [-0.3, -0.25) is 19.5 Å². The summed E-state index contributed by atoms with van der Waals surface area (Å²) in [6.07, 6.45) is 4.02. The molecule has 12 heteroatoms. The lowest BCUT2D eigenvalue weighted by atomic mass is 10.0. The van der Waals surface area contributed by atoms with Crippen LogP contribution in [0.25, 0.3) is 17.0 Å². The molecule has 0 radical (unpaired) electrons. The van der Waals surface area contributed by atoms with Crippen LogP contribution in [0.4, 0.5) is 17.1 Å². The molecule has 6 rings (SSSR count). The number of primary amides is 1. The number of nitrogens with two attached hydrogens (primary N) is 1. The summed E-state index contributed by atoms with van der Waals surface area (Å²) in [7, 11) is 1.59. The molecule has 2 amide bonds. The van der Waals surface area contributed by atoms with Crippen molar-refractivity contribution in [3.63, 3.8) is 0 Å². The van der Waals surface area contributed by atoms with Crippen molar-refractivity contribution in [1.29, 1.82) is 0 Å². The molecular formula is C44H49N7O5. The molecule has 12 nitrogen and oxygen atoms in total. The summed E-state index contributed by atoms with van der Waals surface area (Å²) in [5, 5.41) is 21.0. The van der Waals surface area contributed by atoms with E-state index in [9.17, 15) is 14.7 Å². The van der Waals surface area contributed by atoms with Crippen LogP contribution in [0, 0.1) is 6.92 Å². The zero-order valence-electron chi connectivity index (χ0n) is 32.2. The van der Waals surface area contributed by atoms with Gasteiger partial charge in [-0.25, -0.2) is 0 Å². The van der Waals surface area contributed by atoms with Gasteiger partial charge in [-0.1, -0.05) is 37.4 Å². The minimum absolute atomic E-state index is 0.0459. The van der Waals surface area contributed by atoms with Crippen molar-refractivity contribution in [2.75, 3.05) is 63.6 Å². The van der Waals surface area contributed by atoms with Gasteiger partial charge in [0.1, 0.15) is 23.0 Å². The Morgan fingerprint density at radius 2 is 1.73 bits per heavy atom. The van der Waals surface area contributed by atoms with Gasteiger partial charge < -0.3 is 41.2 Å². The fourth-order valence-electron chi connectivity index (χ4n) is 6.89. The number of phenols is 1. The maximum absolute atomic E-state index is 13.6. The van der Waals surface area contributed by atoms with Crippen molar-refractivity contribution in [3.8, 4) is 23.0 Å². The second-order valence-electron chi connectivity index (χ2n) is 13.8. The molecule has 0 unspecified atom stereocenters. The van der Waals surface area contributed by atoms with E-state index in [1.807, 2.05) is 73.3 Å². The average molecular weight is 756 g/mol. The molecule has 1 aliphatic heterocycles. The molecule has 0 spiro atoms. The fourth-order valence-corrected chi connectivity index (χ4v) is 6.89. The van der Waals surface area contributed by atoms with Crippen molar-refractivity contribution in [3.05, 3.63) is 126 Å². The molecule has 0 saturated carbocycles. The van der Waals surface area contributed by atoms with Gasteiger partial charge in [-0.05, 0) is 86.5 Å². The van der Waals surface area contributed by atoms with Crippen molar-refractivity contribution < 1.29 is 24.2 Å². The smallest absolute Gasteiger partial charge is 0.254 e. The number of hydrogen-bond acceptors (Lipinski definition) is 10. The Kier molecular flexibility index (Phi) is 12.5. The predicted octanol–water partition coefficient (Wildman–Crippen LogP) is 7.07. The number of nitrogens with one attached hydrogen (secondary N) is 3. The maximum atomic E-state index is 13.6. The Labute approximate surface area is 327 Å². The van der Waals surface area contributed by atoms with Crippen LogP contribution < -0.4 is 31.2 Å². The highest BCUT2D eigenvalue weighted by atomic mass is 16.5. The lowest BCUT2D eigenvalue weighted by Crippen LogP contribution is -2.50. The van der Waals surface area contributed by atoms with Crippen molar-refractivity contribution in [2.24, 2.45) is 5.73 Å². The zero-order chi connectivity index (χ0) is 39.8. The first kappa shape index (κ1) is 39.3. The standard InChI is InChI=1S/C44H49N7O5/c1-6-36-30(13-14-39(52)42(36)48-28(2)3)15-16-46-17-18-50-19-21-51(22-20-50)44(54)31-9-7-12-34(24-31)56-35-23-29(4)40-37(26-35)41(38(27-47-40)43(45)53)49-32-10-8-11-33(25-32)55-5/h6-14,23-27,46,48,52H,1-2,15-22H2,3-5H3,(H2,45,53)(H,47,49). The average Bonchev–Trinajstić information content (AvgIpc) is 3.19. The largest absolute Gasteiger partial charge is 0.506 e. The van der Waals surface area contributed by atoms with Gasteiger partial charge in [0.2, 0.25) is 0 Å². The van der Waals surface area contributed by atoms with Gasteiger partial charge in [-0.15, -0.1) is 0 Å². The first-order valence-corrected chi connectivity index (χ1v) is 18.6. The number of ether oxygens (including phenoxy) is 2. The summed E-state index contributed by atoms with van der Waals surface area (Å²) in [6.45, 7) is 16.9. The second kappa shape index (κ2) is 17.8. The third kappa shape index (κ3) is 9.28. The van der Waals surface area contributed by atoms with E-state index < -0.39 is 5.91 Å². The highest BCUT2D eigenvalue weighted by molar-refractivity contribution is 6.08. The zero-order valence-corrected chi connectivity index (χ0v) is 32.2. The van der Waals surface area contributed by atoms with Crippen LogP contribution in [0.2, 0.25) is 0 Å². The summed E-state index contributed by atoms with van der Waals surface area (Å²) < 4.78 is 11.7. The number of fused-ring (bicyclic) bond motifs is 1. The number of methoxy groups -OCH3 is 1. The lowest BCUT2D eigenvalue weighted by molar-refractivity contribution is 0.0638. The summed E-state index contributed by atoms with van der Waals surface area (Å²) in [4.78, 5) is 34.9. The minimum Gasteiger partial charge on any atom is -0.506 e. The number of aromatic nitrogens is 1. The topological polar surface area (TPSA) is 154 Å². The maximum Gasteiger partial charge on any atom is 0.254 e. The van der Waals surface area contributed by atoms with E-state index in [0.29, 0.717) is 63.9 Å². The summed E-state index contributed by atoms with van der Waals surface area (Å²) in [5.41, 5.74) is 12.6. The number of rotatable bonds is 16. The Morgan fingerprint density at radius 3 is 2.46 bits per heavy atom. The SMILES string of the molecule is C=Cc1c(CCNCCN2CCN(C(=O)c3cccc(Oc4cc(C)c5ncc(C(N)=O)c(Nc6cccc(OC)c6)c5c4)c3)CC2)ccc(O)c1NC(=C)C. The molecule has 1 saturated heterocycles. The Morgan fingerprint density at radius 1 is 0.964 bits per heavy atom. The number of aryl methyl sites for hydroxylation is 1. The molecule has 0 aliphatic carbocycles. The van der Waals surface area contributed by atoms with Crippen LogP contribution in [0.5, 0.6) is 23.0 Å². The van der Waals surface area contributed by atoms with E-state index in [4.69, 9.17) is 15.2 Å². The number of hydrogen-bond donors (Lipinski definition) is 5. The van der Waals surface area contributed by atoms with Gasteiger partial charge in [0.15, 0.2) is 0 Å². The van der Waals surface area contributed by atoms with Crippen LogP contribution >= 0.6 is 0 Å². The van der Waals surface area contributed by atoms with E-state index in [1.165, 1.54) is 6.20 Å². The van der Waals surface area contributed by atoms with Gasteiger partial charge in [0.05, 0.1) is 29.6 Å². The number of pyridine rings is 1. The number of carbonyl (C=O) groups is 2. The van der Waals surface area contributed by atoms with E-state index >= 15 is 0 Å². The van der Waals surface area contributed by atoms with Gasteiger partial charge >= 0.3 is 0 Å². The molecule has 2 heterocycles. The number of piperazine rings is 1. The molecule has 1 aliphatic rings. The molecule has 1 fully saturated rings. The predicted molar refractivity (Wildman–Crippen MR) is 223 cm³/mol. The number of nitrogens with zero attached hydrogens (tertiary/aromatic N) is 3. The third-order valence-electron chi connectivity index (χ3n) is 9.75. The van der Waals surface area contributed by atoms with Crippen LogP contribution in [-0.2, 0) is 6.42 Å². The Bertz CT molecular complexity index is 2270. The highest BCUT2D eigenvalue weighted by Crippen LogP contribution is 2.36. The third-order valence-corrected chi connectivity index (χ3v) is 9.75. The fraction of sp³-hybridized carbons (Fsp3) is 0.250. The summed E-state index contributed by atoms with van der Waals surface area (Å²) in [5.74, 6) is 1.20. The first-order valence-electron chi connectivity index (χ1n) is 18.6. The molecule has 5 aromatic rings. The molecule has 4 aromatic carbocycles. The number of phenolic OH excluding ortho intramolecular Hbond substituents is 1. The molecule has 0 atom stereocenters. The van der Waals surface area contributed by atoms with Crippen molar-refractivity contribution in [1.82, 2.24) is 20.1 Å². The number of carbonyl (C=O) groups excluding carboxylic acids is 2. The molecule has 0 bridgehead atoms. The number of anilines is 3. The molecular weight excluding hydrogens is 707 g/mol. The van der Waals surface area contributed by atoms with Crippen LogP contribution in [0.3, 0.4) is 0 Å². The number of benzene rings is 4. The van der Waals surface area contributed by atoms with E-state index in [0.717, 1.165) is 61.5 Å². The monoisotopic (exact) mass is 755 g/mol. The van der Waals surface area contributed by atoms with Gasteiger partial charge in [-0.2, -0.15) is 0 Å². The summed E-state index contributed by atoms with van der Waals surface area (Å²) >= 11 is 0. The number of aromatic hydroxyl groups is 1. The van der Waals surface area contributed by atoms with Crippen LogP contribution in [-0.4, -0.2) is 84.6 Å². The molecule has 290 valence electrons. The van der Waals surface area contributed by atoms with E-state index in [-0.39, 0.29) is 17.2 Å². The van der Waals surface area contributed by atoms with Gasteiger partial charge in [0, 0.05) is 79.4 Å². The molecule has 56 heavy (non-hydrogen) atoms. The minimum atomic E-state index is -0.617. The quantitative estimate of drug-likeness (QED) is 0.0522. The first-order chi connectivity index (χ1) is 27.0. The lowest BCUT2D eigenvalue weighted by Gasteiger charge is -2.34. The van der Waals surface area contributed by atoms with Crippen molar-refractivity contribution in [2.45, 2.75) is 20.3 Å². The van der Waals surface area contributed by atoms with Crippen molar-refractivity contribution >= 4 is 45.9 Å². The second-order valence-corrected chi connectivity index (χ2v) is 13.8. The Hall–Kier alpha value is -6.37. The van der Waals surface area contributed by atoms with E-state index in [1.54, 1.807) is 31.4 Å². The normalized spacial score (nSPS) is 12.9. The highest BCUT2D eigenvalue weighted by Gasteiger charge is 2.23.